The maximum atomic E-state index is 5.33. The number of fused-ring (bicyclic) bond motifs is 3. The molecule has 6 aromatic carbocycles. The summed E-state index contributed by atoms with van der Waals surface area (Å²) in [5.41, 5.74) is 12.0. The molecule has 47 heavy (non-hydrogen) atoms. The third-order valence-corrected chi connectivity index (χ3v) is 9.89. The second-order valence-electron chi connectivity index (χ2n) is 12.7. The predicted molar refractivity (Wildman–Crippen MR) is 195 cm³/mol. The highest BCUT2D eigenvalue weighted by Gasteiger charge is 2.20. The molecule has 2 heterocycles. The minimum atomic E-state index is 0.631. The predicted octanol–water partition coefficient (Wildman–Crippen LogP) is 11.7. The Kier molecular flexibility index (Phi) is 6.82. The van der Waals surface area contributed by atoms with Gasteiger partial charge in [-0.05, 0) is 80.8 Å². The fourth-order valence-electron chi connectivity index (χ4n) is 7.64. The van der Waals surface area contributed by atoms with Crippen molar-refractivity contribution >= 4 is 32.6 Å². The molecule has 0 atom stereocenters. The third kappa shape index (κ3) is 4.87. The number of nitrogens with zero attached hydrogens (tertiary/aromatic N) is 3. The summed E-state index contributed by atoms with van der Waals surface area (Å²) < 4.78 is 0. The molecule has 1 fully saturated rings. The van der Waals surface area contributed by atoms with Crippen molar-refractivity contribution in [3.63, 3.8) is 0 Å². The number of benzene rings is 6. The fourth-order valence-corrected chi connectivity index (χ4v) is 7.64. The summed E-state index contributed by atoms with van der Waals surface area (Å²) in [7, 11) is 0. The zero-order chi connectivity index (χ0) is 31.2. The van der Waals surface area contributed by atoms with Crippen LogP contribution in [0.1, 0.15) is 37.2 Å². The van der Waals surface area contributed by atoms with E-state index in [-0.39, 0.29) is 0 Å². The number of hydrogen-bond donors (Lipinski definition) is 0. The van der Waals surface area contributed by atoms with Gasteiger partial charge in [0.25, 0.3) is 0 Å². The van der Waals surface area contributed by atoms with E-state index >= 15 is 0 Å². The van der Waals surface area contributed by atoms with Crippen molar-refractivity contribution < 1.29 is 0 Å². The summed E-state index contributed by atoms with van der Waals surface area (Å²) >= 11 is 0. The van der Waals surface area contributed by atoms with Crippen LogP contribution in [0.4, 0.5) is 0 Å². The highest BCUT2D eigenvalue weighted by molar-refractivity contribution is 6.21. The normalized spacial score (nSPS) is 13.5. The first kappa shape index (κ1) is 27.6. The molecule has 224 valence electrons. The van der Waals surface area contributed by atoms with E-state index in [1.54, 1.807) is 0 Å². The van der Waals surface area contributed by atoms with Gasteiger partial charge in [-0.1, -0.05) is 128 Å². The topological polar surface area (TPSA) is 38.7 Å². The van der Waals surface area contributed by atoms with Gasteiger partial charge in [0, 0.05) is 29.1 Å². The number of rotatable bonds is 5. The molecule has 1 aliphatic rings. The molecule has 8 aromatic rings. The van der Waals surface area contributed by atoms with Gasteiger partial charge >= 0.3 is 0 Å². The molecule has 9 rings (SSSR count). The average molecular weight is 604 g/mol. The first-order chi connectivity index (χ1) is 23.3. The second kappa shape index (κ2) is 11.6. The first-order valence-electron chi connectivity index (χ1n) is 16.6. The SMILES string of the molecule is c1ccc(-c2nc3ccc(C4CCCC4)cc3nc2-c2ccc(-c3c4ccccc4c(-c4cccnc4)c4ccccc34)cc2)cc1. The summed E-state index contributed by atoms with van der Waals surface area (Å²) in [6.07, 6.45) is 8.96. The van der Waals surface area contributed by atoms with Crippen LogP contribution in [-0.4, -0.2) is 15.0 Å². The van der Waals surface area contributed by atoms with Gasteiger partial charge < -0.3 is 0 Å². The van der Waals surface area contributed by atoms with Crippen molar-refractivity contribution in [3.8, 4) is 44.8 Å². The Labute approximate surface area is 274 Å². The van der Waals surface area contributed by atoms with Gasteiger partial charge in [0.05, 0.1) is 22.4 Å². The minimum absolute atomic E-state index is 0.631. The zero-order valence-corrected chi connectivity index (χ0v) is 26.1. The molecule has 1 aliphatic carbocycles. The van der Waals surface area contributed by atoms with Crippen LogP contribution < -0.4 is 0 Å². The van der Waals surface area contributed by atoms with Crippen LogP contribution in [0, 0.1) is 0 Å². The average Bonchev–Trinajstić information content (AvgIpc) is 3.69. The minimum Gasteiger partial charge on any atom is -0.264 e. The molecular formula is C44H33N3. The van der Waals surface area contributed by atoms with Crippen molar-refractivity contribution in [2.24, 2.45) is 0 Å². The quantitative estimate of drug-likeness (QED) is 0.184. The van der Waals surface area contributed by atoms with Crippen LogP contribution in [0.3, 0.4) is 0 Å². The van der Waals surface area contributed by atoms with Gasteiger partial charge in [-0.25, -0.2) is 9.97 Å². The van der Waals surface area contributed by atoms with Crippen LogP contribution in [0.5, 0.6) is 0 Å². The first-order valence-corrected chi connectivity index (χ1v) is 16.6. The van der Waals surface area contributed by atoms with Crippen LogP contribution in [0.15, 0.2) is 146 Å². The molecule has 0 radical (unpaired) electrons. The Morgan fingerprint density at radius 1 is 0.447 bits per heavy atom. The molecule has 0 unspecified atom stereocenters. The molecule has 0 spiro atoms. The summed E-state index contributed by atoms with van der Waals surface area (Å²) in [4.78, 5) is 15.0. The van der Waals surface area contributed by atoms with E-state index in [0.717, 1.165) is 39.1 Å². The van der Waals surface area contributed by atoms with Crippen molar-refractivity contribution in [3.05, 3.63) is 151 Å². The maximum Gasteiger partial charge on any atom is 0.0973 e. The lowest BCUT2D eigenvalue weighted by molar-refractivity contribution is 0.724. The molecule has 0 N–H and O–H groups in total. The Morgan fingerprint density at radius 3 is 1.60 bits per heavy atom. The summed E-state index contributed by atoms with van der Waals surface area (Å²) in [5, 5.41) is 4.91. The van der Waals surface area contributed by atoms with E-state index in [1.165, 1.54) is 69.5 Å². The standard InChI is InChI=1S/C44H33N3/c1-2-13-31(14-3-1)43-44(47-40-27-33(24-25-39(40)46-43)29-11-4-5-12-29)32-22-20-30(21-23-32)41-35-16-6-8-18-37(35)42(34-15-10-26-45-28-34)38-19-9-7-17-36(38)41/h1-3,6-10,13-29H,4-5,11-12H2. The van der Waals surface area contributed by atoms with E-state index < -0.39 is 0 Å². The Morgan fingerprint density at radius 2 is 0.979 bits per heavy atom. The van der Waals surface area contributed by atoms with Crippen LogP contribution in [0.25, 0.3) is 77.3 Å². The van der Waals surface area contributed by atoms with E-state index in [1.807, 2.05) is 18.5 Å². The van der Waals surface area contributed by atoms with Crippen LogP contribution >= 0.6 is 0 Å². The Bertz CT molecular complexity index is 2330. The number of aromatic nitrogens is 3. The summed E-state index contributed by atoms with van der Waals surface area (Å²) in [6.45, 7) is 0. The lowest BCUT2D eigenvalue weighted by atomic mass is 9.86. The van der Waals surface area contributed by atoms with E-state index in [4.69, 9.17) is 9.97 Å². The second-order valence-corrected chi connectivity index (χ2v) is 12.7. The van der Waals surface area contributed by atoms with Gasteiger partial charge in [-0.2, -0.15) is 0 Å². The molecule has 3 nitrogen and oxygen atoms in total. The van der Waals surface area contributed by atoms with Crippen molar-refractivity contribution in [1.82, 2.24) is 15.0 Å². The van der Waals surface area contributed by atoms with Gasteiger partial charge in [0.2, 0.25) is 0 Å². The molecule has 0 amide bonds. The van der Waals surface area contributed by atoms with Crippen molar-refractivity contribution in [2.75, 3.05) is 0 Å². The van der Waals surface area contributed by atoms with Crippen LogP contribution in [-0.2, 0) is 0 Å². The van der Waals surface area contributed by atoms with Gasteiger partial charge in [0.1, 0.15) is 0 Å². The van der Waals surface area contributed by atoms with E-state index in [9.17, 15) is 0 Å². The smallest absolute Gasteiger partial charge is 0.0973 e. The fraction of sp³-hybridized carbons (Fsp3) is 0.114. The van der Waals surface area contributed by atoms with Crippen molar-refractivity contribution in [2.45, 2.75) is 31.6 Å². The lowest BCUT2D eigenvalue weighted by Gasteiger charge is -2.18. The maximum absolute atomic E-state index is 5.33. The van der Waals surface area contributed by atoms with E-state index in [0.29, 0.717) is 5.92 Å². The number of pyridine rings is 1. The van der Waals surface area contributed by atoms with Gasteiger partial charge in [-0.3, -0.25) is 4.98 Å². The molecular weight excluding hydrogens is 571 g/mol. The molecule has 0 bridgehead atoms. The highest BCUT2D eigenvalue weighted by Crippen LogP contribution is 2.44. The van der Waals surface area contributed by atoms with Gasteiger partial charge in [-0.15, -0.1) is 0 Å². The van der Waals surface area contributed by atoms with Crippen LogP contribution in [0.2, 0.25) is 0 Å². The summed E-state index contributed by atoms with van der Waals surface area (Å²) in [6, 6.07) is 47.8. The zero-order valence-electron chi connectivity index (χ0n) is 26.1. The molecule has 3 heteroatoms. The molecule has 1 saturated carbocycles. The largest absolute Gasteiger partial charge is 0.264 e. The molecule has 2 aromatic heterocycles. The third-order valence-electron chi connectivity index (χ3n) is 9.89. The molecule has 0 aliphatic heterocycles. The monoisotopic (exact) mass is 603 g/mol. The molecule has 0 saturated heterocycles. The summed E-state index contributed by atoms with van der Waals surface area (Å²) in [5.74, 6) is 0.631. The Balaban J connectivity index is 1.22. The van der Waals surface area contributed by atoms with E-state index in [2.05, 4.69) is 132 Å². The lowest BCUT2D eigenvalue weighted by Crippen LogP contribution is -1.98. The highest BCUT2D eigenvalue weighted by atomic mass is 14.8. The van der Waals surface area contributed by atoms with Crippen molar-refractivity contribution in [1.29, 1.82) is 0 Å². The number of hydrogen-bond acceptors (Lipinski definition) is 3. The van der Waals surface area contributed by atoms with Gasteiger partial charge in [0.15, 0.2) is 0 Å². The Hall–Kier alpha value is -5.67.